The second-order valence-corrected chi connectivity index (χ2v) is 7.42. The Kier molecular flexibility index (Phi) is 6.07. The van der Waals surface area contributed by atoms with Gasteiger partial charge in [-0.2, -0.15) is 0 Å². The lowest BCUT2D eigenvalue weighted by Gasteiger charge is -2.18. The summed E-state index contributed by atoms with van der Waals surface area (Å²) in [7, 11) is 0. The number of unbranched alkanes of at least 4 members (excludes halogenated alkanes) is 2. The molecule has 0 saturated heterocycles. The van der Waals surface area contributed by atoms with Crippen molar-refractivity contribution in [3.8, 4) is 5.69 Å². The highest BCUT2D eigenvalue weighted by Crippen LogP contribution is 2.18. The Morgan fingerprint density at radius 2 is 1.85 bits per heavy atom. The first-order valence-corrected chi connectivity index (χ1v) is 9.95. The molecule has 0 fully saturated rings. The van der Waals surface area contributed by atoms with E-state index in [1.54, 1.807) is 4.57 Å². The van der Waals surface area contributed by atoms with Crippen molar-refractivity contribution in [1.82, 2.24) is 9.55 Å². The molecule has 1 atom stereocenters. The molecule has 0 aliphatic carbocycles. The van der Waals surface area contributed by atoms with E-state index < -0.39 is 0 Å². The second kappa shape index (κ2) is 8.49. The van der Waals surface area contributed by atoms with Crippen molar-refractivity contribution in [3.05, 3.63) is 69.8 Å². The fourth-order valence-corrected chi connectivity index (χ4v) is 3.44. The zero-order valence-electron chi connectivity index (χ0n) is 16.8. The van der Waals surface area contributed by atoms with Crippen molar-refractivity contribution < 1.29 is 5.32 Å². The van der Waals surface area contributed by atoms with Crippen LogP contribution in [-0.4, -0.2) is 16.1 Å². The molecule has 0 amide bonds. The molecule has 0 aliphatic heterocycles. The van der Waals surface area contributed by atoms with Gasteiger partial charge in [0.05, 0.1) is 23.1 Å². The number of aromatic nitrogens is 2. The van der Waals surface area contributed by atoms with Gasteiger partial charge in [0, 0.05) is 0 Å². The molecule has 27 heavy (non-hydrogen) atoms. The molecule has 3 rings (SSSR count). The minimum atomic E-state index is 0.00709. The first-order chi connectivity index (χ1) is 13.0. The van der Waals surface area contributed by atoms with Crippen LogP contribution < -0.4 is 10.9 Å². The van der Waals surface area contributed by atoms with Crippen LogP contribution in [-0.2, 0) is 0 Å². The Balaban J connectivity index is 2.12. The third-order valence-electron chi connectivity index (χ3n) is 5.29. The van der Waals surface area contributed by atoms with Gasteiger partial charge in [0.15, 0.2) is 5.82 Å². The van der Waals surface area contributed by atoms with Gasteiger partial charge >= 0.3 is 0 Å². The first kappa shape index (κ1) is 19.3. The summed E-state index contributed by atoms with van der Waals surface area (Å²) in [6.45, 7) is 9.57. The quantitative estimate of drug-likeness (QED) is 0.648. The van der Waals surface area contributed by atoms with Crippen molar-refractivity contribution in [2.45, 2.75) is 53.0 Å². The minimum Gasteiger partial charge on any atom is -0.338 e. The zero-order valence-corrected chi connectivity index (χ0v) is 16.8. The standard InChI is InChI=1S/C23H29N3O/c1-5-6-9-14-24-18(4)22-25-21-11-8-7-10-20(21)23(27)26(22)19-13-12-16(2)17(3)15-19/h7-8,10-13,15,18,24H,5-6,9,14H2,1-4H3/p+1/t18-/m1/s1. The molecule has 3 aromatic rings. The van der Waals surface area contributed by atoms with Gasteiger partial charge < -0.3 is 5.32 Å². The summed E-state index contributed by atoms with van der Waals surface area (Å²) in [5.41, 5.74) is 4.07. The third kappa shape index (κ3) is 4.11. The lowest BCUT2D eigenvalue weighted by Crippen LogP contribution is -2.85. The third-order valence-corrected chi connectivity index (χ3v) is 5.29. The number of fused-ring (bicyclic) bond motifs is 1. The molecule has 0 radical (unpaired) electrons. The van der Waals surface area contributed by atoms with E-state index in [0.717, 1.165) is 23.6 Å². The monoisotopic (exact) mass is 364 g/mol. The van der Waals surface area contributed by atoms with Crippen LogP contribution in [0.3, 0.4) is 0 Å². The van der Waals surface area contributed by atoms with E-state index in [2.05, 4.69) is 45.1 Å². The van der Waals surface area contributed by atoms with Crippen molar-refractivity contribution >= 4 is 10.9 Å². The van der Waals surface area contributed by atoms with E-state index in [4.69, 9.17) is 4.98 Å². The number of aryl methyl sites for hydroxylation is 2. The lowest BCUT2D eigenvalue weighted by atomic mass is 10.1. The van der Waals surface area contributed by atoms with Gasteiger partial charge in [0.1, 0.15) is 6.04 Å². The molecule has 1 aromatic heterocycles. The van der Waals surface area contributed by atoms with Crippen LogP contribution in [0.25, 0.3) is 16.6 Å². The maximum atomic E-state index is 13.3. The van der Waals surface area contributed by atoms with E-state index in [9.17, 15) is 4.79 Å². The highest BCUT2D eigenvalue weighted by molar-refractivity contribution is 5.77. The molecule has 4 heteroatoms. The molecule has 1 heterocycles. The number of benzene rings is 2. The second-order valence-electron chi connectivity index (χ2n) is 7.42. The molecule has 0 spiro atoms. The van der Waals surface area contributed by atoms with Crippen LogP contribution in [0.15, 0.2) is 47.3 Å². The Hall–Kier alpha value is -2.46. The molecular formula is C23H30N3O+. The molecule has 142 valence electrons. The fourth-order valence-electron chi connectivity index (χ4n) is 3.44. The van der Waals surface area contributed by atoms with Crippen LogP contribution >= 0.6 is 0 Å². The number of hydrogen-bond donors (Lipinski definition) is 1. The maximum absolute atomic E-state index is 13.3. The Morgan fingerprint density at radius 3 is 2.59 bits per heavy atom. The molecule has 4 nitrogen and oxygen atoms in total. The number of hydrogen-bond acceptors (Lipinski definition) is 2. The van der Waals surface area contributed by atoms with Gasteiger partial charge in [-0.05, 0) is 69.0 Å². The van der Waals surface area contributed by atoms with Crippen molar-refractivity contribution in [1.29, 1.82) is 0 Å². The maximum Gasteiger partial charge on any atom is 0.266 e. The predicted octanol–water partition coefficient (Wildman–Crippen LogP) is 3.82. The predicted molar refractivity (Wildman–Crippen MR) is 112 cm³/mol. The largest absolute Gasteiger partial charge is 0.338 e. The summed E-state index contributed by atoms with van der Waals surface area (Å²) in [6.07, 6.45) is 3.63. The van der Waals surface area contributed by atoms with Crippen LogP contribution in [0.5, 0.6) is 0 Å². The number of nitrogens with two attached hydrogens (primary N) is 1. The molecule has 0 aliphatic rings. The molecule has 0 saturated carbocycles. The molecule has 0 unspecified atom stereocenters. The summed E-state index contributed by atoms with van der Waals surface area (Å²) < 4.78 is 1.80. The molecule has 2 N–H and O–H groups in total. The topological polar surface area (TPSA) is 51.5 Å². The average Bonchev–Trinajstić information content (AvgIpc) is 2.67. The van der Waals surface area contributed by atoms with Gasteiger partial charge in [-0.1, -0.05) is 31.5 Å². The Morgan fingerprint density at radius 1 is 1.07 bits per heavy atom. The fraction of sp³-hybridized carbons (Fsp3) is 0.391. The Bertz CT molecular complexity index is 991. The van der Waals surface area contributed by atoms with E-state index in [1.165, 1.54) is 30.4 Å². The number of rotatable bonds is 7. The van der Waals surface area contributed by atoms with Crippen molar-refractivity contribution in [2.75, 3.05) is 6.54 Å². The van der Waals surface area contributed by atoms with Gasteiger partial charge in [0.2, 0.25) is 0 Å². The number of para-hydroxylation sites is 1. The lowest BCUT2D eigenvalue weighted by molar-refractivity contribution is -0.694. The summed E-state index contributed by atoms with van der Waals surface area (Å²) in [5.74, 6) is 0.818. The van der Waals surface area contributed by atoms with E-state index in [1.807, 2.05) is 30.3 Å². The van der Waals surface area contributed by atoms with Crippen molar-refractivity contribution in [3.63, 3.8) is 0 Å². The summed E-state index contributed by atoms with van der Waals surface area (Å²) in [4.78, 5) is 18.2. The SMILES string of the molecule is CCCCC[NH2+][C@H](C)c1nc2ccccc2c(=O)n1-c1ccc(C)c(C)c1. The summed E-state index contributed by atoms with van der Waals surface area (Å²) in [6, 6.07) is 13.9. The van der Waals surface area contributed by atoms with Gasteiger partial charge in [-0.25, -0.2) is 4.98 Å². The van der Waals surface area contributed by atoms with Crippen molar-refractivity contribution in [2.24, 2.45) is 0 Å². The van der Waals surface area contributed by atoms with Crippen LogP contribution in [0.4, 0.5) is 0 Å². The summed E-state index contributed by atoms with van der Waals surface area (Å²) >= 11 is 0. The molecule has 2 aromatic carbocycles. The van der Waals surface area contributed by atoms with Gasteiger partial charge in [0.25, 0.3) is 5.56 Å². The van der Waals surface area contributed by atoms with Gasteiger partial charge in [-0.15, -0.1) is 0 Å². The normalized spacial score (nSPS) is 12.4. The van der Waals surface area contributed by atoms with E-state index >= 15 is 0 Å². The van der Waals surface area contributed by atoms with Crippen LogP contribution in [0, 0.1) is 13.8 Å². The van der Waals surface area contributed by atoms with Crippen LogP contribution in [0.1, 0.15) is 56.1 Å². The zero-order chi connectivity index (χ0) is 19.4. The van der Waals surface area contributed by atoms with Crippen LogP contribution in [0.2, 0.25) is 0 Å². The first-order valence-electron chi connectivity index (χ1n) is 9.95. The van der Waals surface area contributed by atoms with Gasteiger partial charge in [-0.3, -0.25) is 9.36 Å². The average molecular weight is 365 g/mol. The highest BCUT2D eigenvalue weighted by atomic mass is 16.1. The smallest absolute Gasteiger partial charge is 0.266 e. The van der Waals surface area contributed by atoms with E-state index in [0.29, 0.717) is 5.39 Å². The van der Waals surface area contributed by atoms with E-state index in [-0.39, 0.29) is 11.6 Å². The number of nitrogens with zero attached hydrogens (tertiary/aromatic N) is 2. The molecular weight excluding hydrogens is 334 g/mol. The number of quaternary nitrogens is 1. The molecule has 0 bridgehead atoms. The minimum absolute atomic E-state index is 0.00709. The highest BCUT2D eigenvalue weighted by Gasteiger charge is 2.20. The Labute approximate surface area is 161 Å². The summed E-state index contributed by atoms with van der Waals surface area (Å²) in [5, 5.41) is 2.96.